The number of methoxy groups -OCH3 is 1. The molecule has 2 aromatic rings. The lowest BCUT2D eigenvalue weighted by Gasteiger charge is -2.07. The lowest BCUT2D eigenvalue weighted by atomic mass is 10.1. The lowest BCUT2D eigenvalue weighted by Crippen LogP contribution is -1.95. The molecule has 6 heteroatoms. The summed E-state index contributed by atoms with van der Waals surface area (Å²) in [6.07, 6.45) is 3.35. The number of aryl methyl sites for hydroxylation is 1. The van der Waals surface area contributed by atoms with E-state index in [4.69, 9.17) is 16.3 Å². The summed E-state index contributed by atoms with van der Waals surface area (Å²) in [5.74, 6) is -0.661. The van der Waals surface area contributed by atoms with Crippen molar-refractivity contribution >= 4 is 11.6 Å². The van der Waals surface area contributed by atoms with Gasteiger partial charge >= 0.3 is 0 Å². The van der Waals surface area contributed by atoms with Crippen LogP contribution in [0.25, 0.3) is 11.1 Å². The van der Waals surface area contributed by atoms with Crippen molar-refractivity contribution in [1.29, 1.82) is 0 Å². The topological polar surface area (TPSA) is 39.9 Å². The number of rotatable bonds is 2. The zero-order chi connectivity index (χ0) is 11.7. The second-order valence-electron chi connectivity index (χ2n) is 3.22. The summed E-state index contributed by atoms with van der Waals surface area (Å²) < 4.78 is 20.0. The molecule has 0 aromatic carbocycles. The molecule has 2 heterocycles. The van der Waals surface area contributed by atoms with E-state index in [2.05, 4.69) is 10.1 Å². The van der Waals surface area contributed by atoms with Crippen molar-refractivity contribution < 1.29 is 9.13 Å². The Kier molecular flexibility index (Phi) is 2.78. The van der Waals surface area contributed by atoms with Crippen LogP contribution < -0.4 is 4.74 Å². The highest BCUT2D eigenvalue weighted by Gasteiger charge is 2.15. The number of halogens is 2. The molecule has 0 radical (unpaired) electrons. The van der Waals surface area contributed by atoms with Crippen LogP contribution in [-0.4, -0.2) is 21.9 Å². The minimum absolute atomic E-state index is 0.0670. The Labute approximate surface area is 96.6 Å². The Morgan fingerprint density at radius 3 is 2.81 bits per heavy atom. The van der Waals surface area contributed by atoms with Gasteiger partial charge in [0.2, 0.25) is 0 Å². The smallest absolute Gasteiger partial charge is 0.257 e. The molecule has 0 aliphatic rings. The fourth-order valence-electron chi connectivity index (χ4n) is 1.44. The van der Waals surface area contributed by atoms with E-state index >= 15 is 0 Å². The lowest BCUT2D eigenvalue weighted by molar-refractivity contribution is 0.379. The van der Waals surface area contributed by atoms with E-state index in [0.717, 1.165) is 5.56 Å². The van der Waals surface area contributed by atoms with Crippen molar-refractivity contribution in [2.75, 3.05) is 7.11 Å². The first-order valence-electron chi connectivity index (χ1n) is 4.51. The van der Waals surface area contributed by atoms with E-state index < -0.39 is 5.95 Å². The summed E-state index contributed by atoms with van der Waals surface area (Å²) in [7, 11) is 3.16. The van der Waals surface area contributed by atoms with Crippen molar-refractivity contribution in [2.24, 2.45) is 7.05 Å². The minimum Gasteiger partial charge on any atom is -0.491 e. The molecule has 0 aliphatic heterocycles. The van der Waals surface area contributed by atoms with E-state index in [1.165, 1.54) is 7.11 Å². The summed E-state index contributed by atoms with van der Waals surface area (Å²) in [5, 5.41) is 4.08. The van der Waals surface area contributed by atoms with Crippen LogP contribution in [0.1, 0.15) is 0 Å². The molecular weight excluding hydrogens is 233 g/mol. The largest absolute Gasteiger partial charge is 0.491 e. The van der Waals surface area contributed by atoms with Crippen molar-refractivity contribution in [3.63, 3.8) is 0 Å². The number of pyridine rings is 1. The van der Waals surface area contributed by atoms with Gasteiger partial charge in [-0.15, -0.1) is 0 Å². The first-order valence-corrected chi connectivity index (χ1v) is 4.88. The zero-order valence-electron chi connectivity index (χ0n) is 8.74. The summed E-state index contributed by atoms with van der Waals surface area (Å²) in [4.78, 5) is 3.48. The fraction of sp³-hybridized carbons (Fsp3) is 0.200. The third-order valence-corrected chi connectivity index (χ3v) is 2.31. The van der Waals surface area contributed by atoms with Gasteiger partial charge in [-0.25, -0.2) is 4.98 Å². The Balaban J connectivity index is 2.63. The standard InChI is InChI=1S/C10H9ClFN3O/c1-15-5-6(4-13-15)7-3-8(11)14-10(12)9(7)16-2/h3-5H,1-2H3. The number of hydrogen-bond donors (Lipinski definition) is 0. The molecule has 0 aliphatic carbocycles. The molecule has 0 N–H and O–H groups in total. The van der Waals surface area contributed by atoms with Gasteiger partial charge in [0, 0.05) is 24.4 Å². The highest BCUT2D eigenvalue weighted by atomic mass is 35.5. The molecule has 84 valence electrons. The van der Waals surface area contributed by atoms with E-state index in [1.54, 1.807) is 30.2 Å². The van der Waals surface area contributed by atoms with E-state index in [9.17, 15) is 4.39 Å². The number of ether oxygens (including phenoxy) is 1. The normalized spacial score (nSPS) is 10.5. The third-order valence-electron chi connectivity index (χ3n) is 2.12. The van der Waals surface area contributed by atoms with Crippen molar-refractivity contribution in [3.05, 3.63) is 29.6 Å². The summed E-state index contributed by atoms with van der Waals surface area (Å²) in [5.41, 5.74) is 1.26. The SMILES string of the molecule is COc1c(-c2cnn(C)c2)cc(Cl)nc1F. The van der Waals surface area contributed by atoms with Gasteiger partial charge in [0.15, 0.2) is 5.75 Å². The predicted octanol–water partition coefficient (Wildman–Crippen LogP) is 2.28. The van der Waals surface area contributed by atoms with Crippen LogP contribution in [-0.2, 0) is 7.05 Å². The number of hydrogen-bond acceptors (Lipinski definition) is 3. The number of aromatic nitrogens is 3. The Bertz CT molecular complexity index is 527. The number of nitrogens with zero attached hydrogens (tertiary/aromatic N) is 3. The van der Waals surface area contributed by atoms with E-state index in [0.29, 0.717) is 5.56 Å². The van der Waals surface area contributed by atoms with Gasteiger partial charge in [-0.1, -0.05) is 11.6 Å². The first-order chi connectivity index (χ1) is 7.61. The molecule has 16 heavy (non-hydrogen) atoms. The summed E-state index contributed by atoms with van der Waals surface area (Å²) in [6, 6.07) is 1.54. The molecule has 4 nitrogen and oxygen atoms in total. The summed E-state index contributed by atoms with van der Waals surface area (Å²) in [6.45, 7) is 0. The zero-order valence-corrected chi connectivity index (χ0v) is 9.49. The quantitative estimate of drug-likeness (QED) is 0.758. The van der Waals surface area contributed by atoms with Crippen LogP contribution in [0.5, 0.6) is 5.75 Å². The van der Waals surface area contributed by atoms with Gasteiger partial charge in [-0.3, -0.25) is 4.68 Å². The second-order valence-corrected chi connectivity index (χ2v) is 3.61. The van der Waals surface area contributed by atoms with Crippen molar-refractivity contribution in [1.82, 2.24) is 14.8 Å². The van der Waals surface area contributed by atoms with Gasteiger partial charge in [-0.2, -0.15) is 9.49 Å². The molecule has 2 rings (SSSR count). The molecule has 0 saturated heterocycles. The van der Waals surface area contributed by atoms with E-state index in [-0.39, 0.29) is 10.9 Å². The predicted molar refractivity (Wildman–Crippen MR) is 58.0 cm³/mol. The van der Waals surface area contributed by atoms with Crippen LogP contribution in [0, 0.1) is 5.95 Å². The maximum atomic E-state index is 13.5. The second kappa shape index (κ2) is 4.09. The van der Waals surface area contributed by atoms with Gasteiger partial charge in [0.1, 0.15) is 5.15 Å². The molecule has 0 saturated carbocycles. The van der Waals surface area contributed by atoms with E-state index in [1.807, 2.05) is 0 Å². The first kappa shape index (κ1) is 10.9. The average molecular weight is 242 g/mol. The molecule has 0 spiro atoms. The van der Waals surface area contributed by atoms with Crippen molar-refractivity contribution in [2.45, 2.75) is 0 Å². The summed E-state index contributed by atoms with van der Waals surface area (Å²) >= 11 is 5.70. The average Bonchev–Trinajstić information content (AvgIpc) is 2.63. The molecule has 2 aromatic heterocycles. The van der Waals surface area contributed by atoms with Gasteiger partial charge in [0.25, 0.3) is 5.95 Å². The van der Waals surface area contributed by atoms with Crippen molar-refractivity contribution in [3.8, 4) is 16.9 Å². The maximum absolute atomic E-state index is 13.5. The Hall–Kier alpha value is -1.62. The van der Waals surface area contributed by atoms with Gasteiger partial charge in [0.05, 0.1) is 13.3 Å². The molecule has 0 unspecified atom stereocenters. The van der Waals surface area contributed by atoms with Crippen LogP contribution >= 0.6 is 11.6 Å². The van der Waals surface area contributed by atoms with Gasteiger partial charge < -0.3 is 4.74 Å². The Morgan fingerprint density at radius 1 is 1.50 bits per heavy atom. The minimum atomic E-state index is -0.728. The van der Waals surface area contributed by atoms with Crippen LogP contribution in [0.2, 0.25) is 5.15 Å². The van der Waals surface area contributed by atoms with Gasteiger partial charge in [-0.05, 0) is 6.07 Å². The third kappa shape index (κ3) is 1.86. The highest BCUT2D eigenvalue weighted by molar-refractivity contribution is 6.29. The molecule has 0 fully saturated rings. The Morgan fingerprint density at radius 2 is 2.25 bits per heavy atom. The molecule has 0 bridgehead atoms. The van der Waals surface area contributed by atoms with Crippen LogP contribution in [0.3, 0.4) is 0 Å². The molecular formula is C10H9ClFN3O. The molecule has 0 atom stereocenters. The fourth-order valence-corrected chi connectivity index (χ4v) is 1.62. The highest BCUT2D eigenvalue weighted by Crippen LogP contribution is 2.32. The monoisotopic (exact) mass is 241 g/mol. The van der Waals surface area contributed by atoms with Crippen LogP contribution in [0.15, 0.2) is 18.5 Å². The van der Waals surface area contributed by atoms with Crippen LogP contribution in [0.4, 0.5) is 4.39 Å². The maximum Gasteiger partial charge on any atom is 0.257 e. The molecule has 0 amide bonds.